The summed E-state index contributed by atoms with van der Waals surface area (Å²) >= 11 is 0. The van der Waals surface area contributed by atoms with Gasteiger partial charge >= 0.3 is 5.97 Å². The zero-order valence-electron chi connectivity index (χ0n) is 11.3. The van der Waals surface area contributed by atoms with Crippen molar-refractivity contribution in [2.75, 3.05) is 39.5 Å². The second-order valence-electron chi connectivity index (χ2n) is 3.64. The first-order chi connectivity index (χ1) is 8.81. The van der Waals surface area contributed by atoms with Gasteiger partial charge in [-0.05, 0) is 30.4 Å². The minimum atomic E-state index is -0.357. The Morgan fingerprint density at radius 1 is 1.47 bits per heavy atom. The molecule has 19 heavy (non-hydrogen) atoms. The number of carbonyl (C=O) groups excluding carboxylic acids is 1. The molecule has 0 saturated carbocycles. The summed E-state index contributed by atoms with van der Waals surface area (Å²) in [6.07, 6.45) is 2.09. The van der Waals surface area contributed by atoms with Gasteiger partial charge in [-0.25, -0.2) is 4.79 Å². The second-order valence-corrected chi connectivity index (χ2v) is 5.16. The van der Waals surface area contributed by atoms with Crippen molar-refractivity contribution in [1.29, 1.82) is 0 Å². The summed E-state index contributed by atoms with van der Waals surface area (Å²) < 4.78 is 15.0. The predicted molar refractivity (Wildman–Crippen MR) is 85.8 cm³/mol. The van der Waals surface area contributed by atoms with Crippen molar-refractivity contribution in [3.63, 3.8) is 0 Å². The largest absolute Gasteiger partial charge is 0.463 e. The van der Waals surface area contributed by atoms with Crippen molar-refractivity contribution in [3.05, 3.63) is 12.7 Å². The third-order valence-electron chi connectivity index (χ3n) is 2.14. The Hall–Kier alpha value is -0.476. The van der Waals surface area contributed by atoms with Crippen LogP contribution in [-0.4, -0.2) is 66.2 Å². The lowest BCUT2D eigenvalue weighted by Gasteiger charge is -2.10. The van der Waals surface area contributed by atoms with E-state index in [-0.39, 0.29) is 26.7 Å². The number of nitrogens with one attached hydrogen (secondary N) is 1. The quantitative estimate of drug-likeness (QED) is 0.277. The van der Waals surface area contributed by atoms with Crippen LogP contribution in [-0.2, 0) is 18.7 Å². The standard InChI is InChI=1S/C8H16O3Si.C4H9NO.H4Si/c1-3-8(9)10-6-5-7-12-11-4-2;1-3-6-4-2-5-1;/h3H,1,4-7,12H2,2H3;5H,1-4H2;1H4. The average molecular weight is 308 g/mol. The molecule has 1 heterocycles. The van der Waals surface area contributed by atoms with Crippen LogP contribution in [0.1, 0.15) is 13.3 Å². The van der Waals surface area contributed by atoms with Crippen LogP contribution in [0.25, 0.3) is 0 Å². The molecule has 1 aliphatic rings. The van der Waals surface area contributed by atoms with Gasteiger partial charge < -0.3 is 19.2 Å². The maximum atomic E-state index is 10.5. The lowest BCUT2D eigenvalue weighted by atomic mass is 10.5. The first kappa shape index (κ1) is 20.8. The van der Waals surface area contributed by atoms with Crippen LogP contribution in [0.5, 0.6) is 0 Å². The molecule has 0 aliphatic carbocycles. The highest BCUT2D eigenvalue weighted by molar-refractivity contribution is 6.26. The molecule has 0 spiro atoms. The SMILES string of the molecule is C1COCCN1.C=CC(=O)OCCC[SiH2]OCC.[SiH4]. The molecule has 1 saturated heterocycles. The summed E-state index contributed by atoms with van der Waals surface area (Å²) in [6.45, 7) is 10.4. The molecule has 0 atom stereocenters. The van der Waals surface area contributed by atoms with Crippen molar-refractivity contribution in [2.24, 2.45) is 0 Å². The molecular formula is C12H29NO4Si2. The minimum absolute atomic E-state index is 0. The van der Waals surface area contributed by atoms with Gasteiger partial charge in [0.2, 0.25) is 0 Å². The predicted octanol–water partition coefficient (Wildman–Crippen LogP) is -1.20. The number of hydrogen-bond acceptors (Lipinski definition) is 5. The van der Waals surface area contributed by atoms with Gasteiger partial charge in [0, 0.05) is 25.8 Å². The van der Waals surface area contributed by atoms with Crippen LogP contribution in [0.4, 0.5) is 0 Å². The number of esters is 1. The van der Waals surface area contributed by atoms with Gasteiger partial charge in [0.1, 0.15) is 0 Å². The summed E-state index contributed by atoms with van der Waals surface area (Å²) in [5.41, 5.74) is 0. The van der Waals surface area contributed by atoms with E-state index in [0.717, 1.165) is 45.4 Å². The normalized spacial score (nSPS) is 14.2. The van der Waals surface area contributed by atoms with E-state index in [2.05, 4.69) is 11.9 Å². The zero-order valence-corrected chi connectivity index (χ0v) is 12.7. The highest BCUT2D eigenvalue weighted by atomic mass is 28.2. The van der Waals surface area contributed by atoms with E-state index in [1.54, 1.807) is 0 Å². The molecule has 114 valence electrons. The molecule has 1 aliphatic heterocycles. The van der Waals surface area contributed by atoms with Crippen LogP contribution >= 0.6 is 0 Å². The Bertz CT molecular complexity index is 202. The van der Waals surface area contributed by atoms with Crippen LogP contribution < -0.4 is 5.32 Å². The zero-order chi connectivity index (χ0) is 13.5. The Kier molecular flexibility index (Phi) is 19.2. The Morgan fingerprint density at radius 3 is 2.58 bits per heavy atom. The van der Waals surface area contributed by atoms with Gasteiger partial charge in [-0.1, -0.05) is 6.58 Å². The third-order valence-corrected chi connectivity index (χ3v) is 3.63. The molecule has 0 amide bonds. The van der Waals surface area contributed by atoms with Gasteiger partial charge in [0.25, 0.3) is 0 Å². The molecule has 5 nitrogen and oxygen atoms in total. The molecule has 1 N–H and O–H groups in total. The molecule has 0 aromatic heterocycles. The summed E-state index contributed by atoms with van der Waals surface area (Å²) in [5, 5.41) is 3.16. The molecule has 1 fully saturated rings. The summed E-state index contributed by atoms with van der Waals surface area (Å²) in [7, 11) is -0.357. The van der Waals surface area contributed by atoms with Gasteiger partial charge in [0.05, 0.1) is 19.8 Å². The highest BCUT2D eigenvalue weighted by Gasteiger charge is 1.94. The Morgan fingerprint density at radius 2 is 2.16 bits per heavy atom. The second kappa shape index (κ2) is 17.5. The average Bonchev–Trinajstić information content (AvgIpc) is 2.45. The van der Waals surface area contributed by atoms with E-state index < -0.39 is 0 Å². The highest BCUT2D eigenvalue weighted by Crippen LogP contribution is 1.91. The molecule has 0 bridgehead atoms. The van der Waals surface area contributed by atoms with E-state index in [0.29, 0.717) is 6.61 Å². The fourth-order valence-electron chi connectivity index (χ4n) is 1.20. The Balaban J connectivity index is 0. The molecule has 0 aromatic carbocycles. The fraction of sp³-hybridized carbons (Fsp3) is 0.750. The summed E-state index contributed by atoms with van der Waals surface area (Å²) in [4.78, 5) is 10.5. The van der Waals surface area contributed by atoms with Gasteiger partial charge in [-0.2, -0.15) is 0 Å². The van der Waals surface area contributed by atoms with E-state index >= 15 is 0 Å². The third kappa shape index (κ3) is 17.5. The topological polar surface area (TPSA) is 56.8 Å². The molecule has 7 heteroatoms. The monoisotopic (exact) mass is 307 g/mol. The van der Waals surface area contributed by atoms with Crippen molar-refractivity contribution in [2.45, 2.75) is 19.4 Å². The van der Waals surface area contributed by atoms with Crippen molar-refractivity contribution in [1.82, 2.24) is 5.32 Å². The Labute approximate surface area is 123 Å². The van der Waals surface area contributed by atoms with Crippen LogP contribution in [0, 0.1) is 0 Å². The van der Waals surface area contributed by atoms with Crippen molar-refractivity contribution >= 4 is 26.7 Å². The smallest absolute Gasteiger partial charge is 0.330 e. The van der Waals surface area contributed by atoms with Gasteiger partial charge in [0.15, 0.2) is 9.76 Å². The summed E-state index contributed by atoms with van der Waals surface area (Å²) in [6, 6.07) is 1.07. The number of ether oxygens (including phenoxy) is 2. The molecule has 0 unspecified atom stereocenters. The van der Waals surface area contributed by atoms with Gasteiger partial charge in [-0.15, -0.1) is 0 Å². The fourth-order valence-corrected chi connectivity index (χ4v) is 2.10. The number of rotatable bonds is 7. The summed E-state index contributed by atoms with van der Waals surface area (Å²) in [5.74, 6) is -0.340. The molecule has 0 radical (unpaired) electrons. The molecular weight excluding hydrogens is 278 g/mol. The van der Waals surface area contributed by atoms with Crippen LogP contribution in [0.15, 0.2) is 12.7 Å². The van der Waals surface area contributed by atoms with Crippen molar-refractivity contribution < 1.29 is 18.7 Å². The van der Waals surface area contributed by atoms with Crippen molar-refractivity contribution in [3.8, 4) is 0 Å². The van der Waals surface area contributed by atoms with Gasteiger partial charge in [-0.3, -0.25) is 0 Å². The van der Waals surface area contributed by atoms with E-state index in [1.165, 1.54) is 6.08 Å². The number of hydrogen-bond donors (Lipinski definition) is 1. The van der Waals surface area contributed by atoms with E-state index in [9.17, 15) is 4.79 Å². The van der Waals surface area contributed by atoms with E-state index in [4.69, 9.17) is 13.9 Å². The maximum absolute atomic E-state index is 10.5. The minimum Gasteiger partial charge on any atom is -0.463 e. The number of carbonyl (C=O) groups is 1. The maximum Gasteiger partial charge on any atom is 0.330 e. The first-order valence-corrected chi connectivity index (χ1v) is 8.04. The van der Waals surface area contributed by atoms with Crippen LogP contribution in [0.2, 0.25) is 6.04 Å². The molecule has 0 aromatic rings. The lowest BCUT2D eigenvalue weighted by molar-refractivity contribution is -0.137. The van der Waals surface area contributed by atoms with E-state index in [1.807, 2.05) is 6.92 Å². The first-order valence-electron chi connectivity index (χ1n) is 6.46. The lowest BCUT2D eigenvalue weighted by Crippen LogP contribution is -2.30. The number of morpholine rings is 1. The van der Waals surface area contributed by atoms with Crippen LogP contribution in [0.3, 0.4) is 0 Å². The molecule has 1 rings (SSSR count).